The molecule has 0 spiro atoms. The molecule has 1 aliphatic rings. The smallest absolute Gasteiger partial charge is 0.337 e. The number of aryl methyl sites for hydroxylation is 1. The number of carbonyl (C=O) groups is 1. The Morgan fingerprint density at radius 3 is 2.24 bits per heavy atom. The van der Waals surface area contributed by atoms with Crippen molar-refractivity contribution in [1.29, 1.82) is 0 Å². The van der Waals surface area contributed by atoms with Crippen LogP contribution in [0, 0.1) is 6.92 Å². The third kappa shape index (κ3) is 5.88. The Kier molecular flexibility index (Phi) is 7.26. The summed E-state index contributed by atoms with van der Waals surface area (Å²) in [5, 5.41) is 0.382. The van der Waals surface area contributed by atoms with E-state index in [0.29, 0.717) is 40.4 Å². The van der Waals surface area contributed by atoms with Gasteiger partial charge >= 0.3 is 12.4 Å². The van der Waals surface area contributed by atoms with Gasteiger partial charge in [-0.3, -0.25) is 9.78 Å². The van der Waals surface area contributed by atoms with Crippen LogP contribution in [-0.2, 0) is 23.7 Å². The second-order valence-electron chi connectivity index (χ2n) is 7.71. The number of likely N-dealkylation sites (N-methyl/N-ethyl adjacent to an activating group) is 1. The van der Waals surface area contributed by atoms with Crippen molar-refractivity contribution < 1.29 is 31.1 Å². The molecule has 0 N–H and O–H groups in total. The summed E-state index contributed by atoms with van der Waals surface area (Å²) in [6, 6.07) is 4.70. The Bertz CT molecular complexity index is 1160. The first-order chi connectivity index (χ1) is 15.8. The van der Waals surface area contributed by atoms with Crippen LogP contribution in [0.1, 0.15) is 34.4 Å². The van der Waals surface area contributed by atoms with Gasteiger partial charge in [-0.15, -0.1) is 0 Å². The quantitative estimate of drug-likeness (QED) is 0.427. The van der Waals surface area contributed by atoms with Crippen LogP contribution in [0.2, 0.25) is 0 Å². The van der Waals surface area contributed by atoms with Crippen molar-refractivity contribution in [2.45, 2.75) is 32.2 Å². The normalized spacial score (nSPS) is 14.7. The van der Waals surface area contributed by atoms with Crippen LogP contribution in [0.15, 0.2) is 65.4 Å². The minimum Gasteiger partial charge on any atom is -0.337 e. The van der Waals surface area contributed by atoms with Crippen molar-refractivity contribution in [3.63, 3.8) is 0 Å². The first-order valence-corrected chi connectivity index (χ1v) is 10.4. The summed E-state index contributed by atoms with van der Waals surface area (Å²) in [5.74, 6) is -0.583. The summed E-state index contributed by atoms with van der Waals surface area (Å²) in [6.45, 7) is 1.27. The first-order valence-electron chi connectivity index (χ1n) is 10.0. The molecule has 180 valence electrons. The molecule has 34 heavy (non-hydrogen) atoms. The van der Waals surface area contributed by atoms with Crippen molar-refractivity contribution in [1.82, 2.24) is 9.88 Å². The zero-order chi connectivity index (χ0) is 25.3. The Labute approximate surface area is 197 Å². The van der Waals surface area contributed by atoms with E-state index in [1.165, 1.54) is 7.05 Å². The Morgan fingerprint density at radius 2 is 1.68 bits per heavy atom. The molecule has 1 aliphatic carbocycles. The van der Waals surface area contributed by atoms with Gasteiger partial charge in [-0.1, -0.05) is 29.8 Å². The number of benzene rings is 1. The molecule has 10 heteroatoms. The highest BCUT2D eigenvalue weighted by molar-refractivity contribution is 6.32. The van der Waals surface area contributed by atoms with Gasteiger partial charge in [0, 0.05) is 41.7 Å². The number of pyridine rings is 1. The third-order valence-electron chi connectivity index (χ3n) is 5.15. The van der Waals surface area contributed by atoms with Crippen LogP contribution in [0.4, 0.5) is 26.3 Å². The lowest BCUT2D eigenvalue weighted by Gasteiger charge is -2.22. The van der Waals surface area contributed by atoms with E-state index in [1.54, 1.807) is 43.5 Å². The van der Waals surface area contributed by atoms with E-state index in [9.17, 15) is 31.1 Å². The topological polar surface area (TPSA) is 33.2 Å². The molecule has 1 aromatic heterocycles. The summed E-state index contributed by atoms with van der Waals surface area (Å²) in [4.78, 5) is 18.6. The van der Waals surface area contributed by atoms with Crippen molar-refractivity contribution in [3.05, 3.63) is 93.3 Å². The van der Waals surface area contributed by atoms with Gasteiger partial charge in [-0.2, -0.15) is 26.3 Å². The maximum atomic E-state index is 13.3. The summed E-state index contributed by atoms with van der Waals surface area (Å²) >= 11 is 6.21. The zero-order valence-corrected chi connectivity index (χ0v) is 18.8. The van der Waals surface area contributed by atoms with E-state index in [2.05, 4.69) is 4.98 Å². The minimum absolute atomic E-state index is 0.0544. The summed E-state index contributed by atoms with van der Waals surface area (Å²) in [6.07, 6.45) is -3.18. The standard InChI is InChI=1S/C24H19ClF6N2O/c1-14-19(7-4-8-32-14)21-12-18(25)5-3-6-20(21)22(34)33(2)13-15-9-16(23(26,27)28)11-17(10-15)24(29,30)31/h4-12H,3,13H2,1-2H3. The van der Waals surface area contributed by atoms with Gasteiger partial charge in [0.2, 0.25) is 0 Å². The zero-order valence-electron chi connectivity index (χ0n) is 18.1. The second-order valence-corrected chi connectivity index (χ2v) is 8.15. The summed E-state index contributed by atoms with van der Waals surface area (Å²) < 4.78 is 79.2. The molecular formula is C24H19ClF6N2O. The molecule has 0 saturated heterocycles. The van der Waals surface area contributed by atoms with E-state index >= 15 is 0 Å². The van der Waals surface area contributed by atoms with Gasteiger partial charge in [0.25, 0.3) is 5.91 Å². The molecule has 0 bridgehead atoms. The molecule has 0 radical (unpaired) electrons. The maximum absolute atomic E-state index is 13.3. The molecule has 1 amide bonds. The fourth-order valence-corrected chi connectivity index (χ4v) is 3.73. The van der Waals surface area contributed by atoms with Gasteiger partial charge in [-0.05, 0) is 54.8 Å². The Balaban J connectivity index is 1.97. The molecule has 2 aromatic rings. The number of halogens is 7. The predicted octanol–water partition coefficient (Wildman–Crippen LogP) is 6.92. The molecule has 1 heterocycles. The van der Waals surface area contributed by atoms with E-state index in [4.69, 9.17) is 11.6 Å². The monoisotopic (exact) mass is 500 g/mol. The highest BCUT2D eigenvalue weighted by atomic mass is 35.5. The minimum atomic E-state index is -4.97. The van der Waals surface area contributed by atoms with Crippen molar-refractivity contribution in [2.24, 2.45) is 0 Å². The number of aromatic nitrogens is 1. The second kappa shape index (κ2) is 9.66. The number of alkyl halides is 6. The summed E-state index contributed by atoms with van der Waals surface area (Å²) in [5.41, 5.74) is -1.25. The first kappa shape index (κ1) is 25.6. The van der Waals surface area contributed by atoms with Gasteiger partial charge < -0.3 is 4.90 Å². The third-order valence-corrected chi connectivity index (χ3v) is 5.41. The van der Waals surface area contributed by atoms with Crippen LogP contribution in [0.3, 0.4) is 0 Å². The fraction of sp³-hybridized carbons (Fsp3) is 0.250. The van der Waals surface area contributed by atoms with Gasteiger partial charge in [-0.25, -0.2) is 0 Å². The molecule has 3 rings (SSSR count). The molecular weight excluding hydrogens is 482 g/mol. The molecule has 0 saturated carbocycles. The Morgan fingerprint density at radius 1 is 1.06 bits per heavy atom. The largest absolute Gasteiger partial charge is 0.416 e. The van der Waals surface area contributed by atoms with Crippen LogP contribution in [-0.4, -0.2) is 22.8 Å². The molecule has 0 atom stereocenters. The van der Waals surface area contributed by atoms with E-state index in [0.717, 1.165) is 4.90 Å². The van der Waals surface area contributed by atoms with E-state index < -0.39 is 35.9 Å². The number of hydrogen-bond donors (Lipinski definition) is 0. The lowest BCUT2D eigenvalue weighted by molar-refractivity contribution is -0.143. The summed E-state index contributed by atoms with van der Waals surface area (Å²) in [7, 11) is 1.31. The van der Waals surface area contributed by atoms with E-state index in [1.807, 2.05) is 0 Å². The number of amides is 1. The molecule has 3 nitrogen and oxygen atoms in total. The average molecular weight is 501 g/mol. The van der Waals surface area contributed by atoms with E-state index in [-0.39, 0.29) is 17.2 Å². The predicted molar refractivity (Wildman–Crippen MR) is 117 cm³/mol. The van der Waals surface area contributed by atoms with Crippen molar-refractivity contribution in [2.75, 3.05) is 7.05 Å². The lowest BCUT2D eigenvalue weighted by Crippen LogP contribution is -2.28. The molecule has 0 fully saturated rings. The van der Waals surface area contributed by atoms with Crippen LogP contribution < -0.4 is 0 Å². The van der Waals surface area contributed by atoms with Crippen LogP contribution in [0.25, 0.3) is 5.57 Å². The maximum Gasteiger partial charge on any atom is 0.416 e. The number of nitrogens with zero attached hydrogens (tertiary/aromatic N) is 2. The SMILES string of the molecule is Cc1ncccc1C1=CC(Cl)=CCC=C1C(=O)N(C)Cc1cc(C(F)(F)F)cc(C(F)(F)F)c1. The number of rotatable bonds is 4. The highest BCUT2D eigenvalue weighted by Gasteiger charge is 2.37. The van der Waals surface area contributed by atoms with Crippen molar-refractivity contribution >= 4 is 23.1 Å². The van der Waals surface area contributed by atoms with Crippen LogP contribution in [0.5, 0.6) is 0 Å². The van der Waals surface area contributed by atoms with Gasteiger partial charge in [0.15, 0.2) is 0 Å². The lowest BCUT2D eigenvalue weighted by atomic mass is 9.95. The average Bonchev–Trinajstić information content (AvgIpc) is 2.93. The highest BCUT2D eigenvalue weighted by Crippen LogP contribution is 2.37. The van der Waals surface area contributed by atoms with Crippen molar-refractivity contribution in [3.8, 4) is 0 Å². The van der Waals surface area contributed by atoms with Crippen LogP contribution >= 0.6 is 11.6 Å². The molecule has 1 aromatic carbocycles. The molecule has 0 unspecified atom stereocenters. The molecule has 0 aliphatic heterocycles. The Hall–Kier alpha value is -3.07. The number of hydrogen-bond acceptors (Lipinski definition) is 2. The number of carbonyl (C=O) groups excluding carboxylic acids is 1. The fourth-order valence-electron chi connectivity index (χ4n) is 3.53. The number of allylic oxidation sites excluding steroid dienone is 4. The van der Waals surface area contributed by atoms with Gasteiger partial charge in [0.05, 0.1) is 11.1 Å². The van der Waals surface area contributed by atoms with Gasteiger partial charge in [0.1, 0.15) is 0 Å².